The molecule has 0 unspecified atom stereocenters. The summed E-state index contributed by atoms with van der Waals surface area (Å²) in [5, 5.41) is 0.716. The monoisotopic (exact) mass is 320 g/mol. The quantitative estimate of drug-likeness (QED) is 0.677. The minimum absolute atomic E-state index is 0.111. The summed E-state index contributed by atoms with van der Waals surface area (Å²) < 4.78 is 11.4. The second kappa shape index (κ2) is 5.34. The normalized spacial score (nSPS) is 19.1. The van der Waals surface area contributed by atoms with Crippen LogP contribution in [-0.2, 0) is 4.79 Å². The summed E-state index contributed by atoms with van der Waals surface area (Å²) in [6.07, 6.45) is -0.712. The number of carbonyl (C=O) groups is 1. The number of Topliss-reactive ketones (excluding diaryl/α,β-unsaturated/α-hetero) is 1. The number of para-hydroxylation sites is 1. The Labute approximate surface area is 138 Å². The molecule has 0 spiro atoms. The van der Waals surface area contributed by atoms with Crippen LogP contribution in [0.4, 0.5) is 0 Å². The SMILES string of the molecule is CC(=O)[C@H]1Oc2c(c(=O)oc3ccccc23)[C@@H]1c1ccc(C)cc1. The number of benzene rings is 2. The van der Waals surface area contributed by atoms with Crippen molar-refractivity contribution in [3.63, 3.8) is 0 Å². The van der Waals surface area contributed by atoms with Gasteiger partial charge in [0.25, 0.3) is 0 Å². The Bertz CT molecular complexity index is 998. The summed E-state index contributed by atoms with van der Waals surface area (Å²) in [7, 11) is 0. The molecule has 0 amide bonds. The Hall–Kier alpha value is -2.88. The first-order valence-corrected chi connectivity index (χ1v) is 7.85. The minimum atomic E-state index is -0.712. The molecule has 0 saturated carbocycles. The highest BCUT2D eigenvalue weighted by atomic mass is 16.5. The van der Waals surface area contributed by atoms with Crippen LogP contribution in [0.3, 0.4) is 0 Å². The molecule has 120 valence electrons. The van der Waals surface area contributed by atoms with Crippen LogP contribution in [0.2, 0.25) is 0 Å². The van der Waals surface area contributed by atoms with Gasteiger partial charge < -0.3 is 9.15 Å². The van der Waals surface area contributed by atoms with Gasteiger partial charge in [-0.25, -0.2) is 4.79 Å². The molecule has 0 bridgehead atoms. The maximum absolute atomic E-state index is 12.6. The van der Waals surface area contributed by atoms with E-state index in [2.05, 4.69) is 0 Å². The second-order valence-electron chi connectivity index (χ2n) is 6.17. The van der Waals surface area contributed by atoms with Crippen molar-refractivity contribution in [2.45, 2.75) is 25.9 Å². The molecule has 24 heavy (non-hydrogen) atoms. The largest absolute Gasteiger partial charge is 0.480 e. The molecule has 1 aromatic heterocycles. The predicted molar refractivity (Wildman–Crippen MR) is 90.6 cm³/mol. The lowest BCUT2D eigenvalue weighted by Gasteiger charge is -2.16. The Morgan fingerprint density at radius 1 is 1.04 bits per heavy atom. The van der Waals surface area contributed by atoms with Gasteiger partial charge in [0.05, 0.1) is 16.9 Å². The van der Waals surface area contributed by atoms with Crippen molar-refractivity contribution in [1.29, 1.82) is 0 Å². The summed E-state index contributed by atoms with van der Waals surface area (Å²) in [5.74, 6) is -0.0909. The van der Waals surface area contributed by atoms with E-state index in [-0.39, 0.29) is 5.78 Å². The zero-order chi connectivity index (χ0) is 16.8. The lowest BCUT2D eigenvalue weighted by atomic mass is 9.87. The molecule has 4 heteroatoms. The van der Waals surface area contributed by atoms with Gasteiger partial charge in [-0.15, -0.1) is 0 Å². The summed E-state index contributed by atoms with van der Waals surface area (Å²) in [6.45, 7) is 3.48. The van der Waals surface area contributed by atoms with Gasteiger partial charge in [0, 0.05) is 0 Å². The van der Waals surface area contributed by atoms with Crippen LogP contribution >= 0.6 is 0 Å². The number of ether oxygens (including phenoxy) is 1. The Balaban J connectivity index is 2.00. The molecule has 1 aliphatic rings. The Morgan fingerprint density at radius 2 is 1.75 bits per heavy atom. The maximum atomic E-state index is 12.6. The predicted octanol–water partition coefficient (Wildman–Crippen LogP) is 3.58. The van der Waals surface area contributed by atoms with Crippen molar-refractivity contribution in [3.05, 3.63) is 75.6 Å². The maximum Gasteiger partial charge on any atom is 0.344 e. The highest BCUT2D eigenvalue weighted by Crippen LogP contribution is 2.44. The summed E-state index contributed by atoms with van der Waals surface area (Å²) in [5.41, 5.74) is 2.44. The molecular weight excluding hydrogens is 304 g/mol. The van der Waals surface area contributed by atoms with Crippen molar-refractivity contribution in [2.75, 3.05) is 0 Å². The Morgan fingerprint density at radius 3 is 2.46 bits per heavy atom. The van der Waals surface area contributed by atoms with E-state index in [1.165, 1.54) is 6.92 Å². The number of hydrogen-bond donors (Lipinski definition) is 0. The van der Waals surface area contributed by atoms with E-state index in [0.717, 1.165) is 11.1 Å². The standard InChI is InChI=1S/C20H16O4/c1-11-7-9-13(10-8-11)16-17-19(24-18(16)12(2)21)14-5-3-4-6-15(14)23-20(17)22/h3-10,16,18H,1-2H3/t16-,18+/m0/s1. The summed E-state index contributed by atoms with van der Waals surface area (Å²) in [6, 6.07) is 15.0. The highest BCUT2D eigenvalue weighted by Gasteiger charge is 2.42. The fourth-order valence-corrected chi connectivity index (χ4v) is 3.31. The first kappa shape index (κ1) is 14.7. The fraction of sp³-hybridized carbons (Fsp3) is 0.200. The van der Waals surface area contributed by atoms with Crippen molar-refractivity contribution in [2.24, 2.45) is 0 Å². The van der Waals surface area contributed by atoms with E-state index < -0.39 is 17.6 Å². The van der Waals surface area contributed by atoms with E-state index in [0.29, 0.717) is 22.3 Å². The van der Waals surface area contributed by atoms with Gasteiger partial charge in [-0.3, -0.25) is 4.79 Å². The number of hydrogen-bond acceptors (Lipinski definition) is 4. The fourth-order valence-electron chi connectivity index (χ4n) is 3.31. The molecule has 3 aromatic rings. The Kier molecular flexibility index (Phi) is 3.27. The van der Waals surface area contributed by atoms with E-state index in [9.17, 15) is 9.59 Å². The van der Waals surface area contributed by atoms with Crippen molar-refractivity contribution >= 4 is 16.8 Å². The lowest BCUT2D eigenvalue weighted by molar-refractivity contribution is -0.123. The van der Waals surface area contributed by atoms with Gasteiger partial charge in [0.1, 0.15) is 11.3 Å². The van der Waals surface area contributed by atoms with Crippen LogP contribution in [0.5, 0.6) is 5.75 Å². The highest BCUT2D eigenvalue weighted by molar-refractivity contribution is 5.90. The van der Waals surface area contributed by atoms with Crippen molar-refractivity contribution < 1.29 is 13.9 Å². The van der Waals surface area contributed by atoms with E-state index in [1.807, 2.05) is 43.3 Å². The van der Waals surface area contributed by atoms with Gasteiger partial charge in [-0.1, -0.05) is 42.0 Å². The third-order valence-corrected chi connectivity index (χ3v) is 4.49. The number of rotatable bonds is 2. The average molecular weight is 320 g/mol. The third-order valence-electron chi connectivity index (χ3n) is 4.49. The molecule has 2 heterocycles. The molecule has 0 fully saturated rings. The van der Waals surface area contributed by atoms with Crippen molar-refractivity contribution in [1.82, 2.24) is 0 Å². The van der Waals surface area contributed by atoms with E-state index in [4.69, 9.17) is 9.15 Å². The first-order valence-electron chi connectivity index (χ1n) is 7.85. The topological polar surface area (TPSA) is 56.5 Å². The van der Waals surface area contributed by atoms with Crippen LogP contribution in [-0.4, -0.2) is 11.9 Å². The van der Waals surface area contributed by atoms with Crippen LogP contribution < -0.4 is 10.4 Å². The molecule has 4 rings (SSSR count). The zero-order valence-corrected chi connectivity index (χ0v) is 13.4. The van der Waals surface area contributed by atoms with Gasteiger partial charge in [-0.2, -0.15) is 0 Å². The molecule has 2 atom stereocenters. The van der Waals surface area contributed by atoms with Gasteiger partial charge in [0.2, 0.25) is 0 Å². The summed E-state index contributed by atoms with van der Waals surface area (Å²) >= 11 is 0. The molecular formula is C20H16O4. The average Bonchev–Trinajstić information content (AvgIpc) is 2.97. The van der Waals surface area contributed by atoms with Gasteiger partial charge >= 0.3 is 5.63 Å². The van der Waals surface area contributed by atoms with E-state index in [1.54, 1.807) is 12.1 Å². The first-order chi connectivity index (χ1) is 11.6. The minimum Gasteiger partial charge on any atom is -0.480 e. The number of ketones is 1. The van der Waals surface area contributed by atoms with Crippen LogP contribution in [0.25, 0.3) is 11.0 Å². The lowest BCUT2D eigenvalue weighted by Crippen LogP contribution is -2.28. The molecule has 0 N–H and O–H groups in total. The number of aryl methyl sites for hydroxylation is 1. The smallest absolute Gasteiger partial charge is 0.344 e. The molecule has 0 radical (unpaired) electrons. The molecule has 0 saturated heterocycles. The molecule has 1 aliphatic heterocycles. The van der Waals surface area contributed by atoms with Crippen LogP contribution in [0.15, 0.2) is 57.7 Å². The van der Waals surface area contributed by atoms with Crippen molar-refractivity contribution in [3.8, 4) is 5.75 Å². The third kappa shape index (κ3) is 2.14. The van der Waals surface area contributed by atoms with Crippen LogP contribution in [0.1, 0.15) is 29.5 Å². The summed E-state index contributed by atoms with van der Waals surface area (Å²) in [4.78, 5) is 24.7. The molecule has 4 nitrogen and oxygen atoms in total. The van der Waals surface area contributed by atoms with Gasteiger partial charge in [0.15, 0.2) is 11.9 Å². The second-order valence-corrected chi connectivity index (χ2v) is 6.17. The number of carbonyl (C=O) groups excluding carboxylic acids is 1. The molecule has 0 aliphatic carbocycles. The van der Waals surface area contributed by atoms with Crippen LogP contribution in [0, 0.1) is 6.92 Å². The number of fused-ring (bicyclic) bond motifs is 3. The van der Waals surface area contributed by atoms with E-state index >= 15 is 0 Å². The van der Waals surface area contributed by atoms with Gasteiger partial charge in [-0.05, 0) is 31.5 Å². The zero-order valence-electron chi connectivity index (χ0n) is 13.4. The molecule has 2 aromatic carbocycles.